The third-order valence-electron chi connectivity index (χ3n) is 2.67. The van der Waals surface area contributed by atoms with Crippen molar-refractivity contribution in [3.05, 3.63) is 35.1 Å². The average Bonchev–Trinajstić information content (AvgIpc) is 2.51. The van der Waals surface area contributed by atoms with Crippen LogP contribution >= 0.6 is 23.4 Å². The topological polar surface area (TPSA) is 115 Å². The molecule has 1 aromatic heterocycles. The van der Waals surface area contributed by atoms with E-state index in [1.807, 2.05) is 6.26 Å². The third-order valence-corrected chi connectivity index (χ3v) is 3.54. The van der Waals surface area contributed by atoms with Crippen LogP contribution in [0.1, 0.15) is 6.42 Å². The first-order valence-electron chi connectivity index (χ1n) is 6.49. The van der Waals surface area contributed by atoms with Gasteiger partial charge in [-0.25, -0.2) is 9.78 Å². The van der Waals surface area contributed by atoms with Crippen LogP contribution in [0, 0.1) is 11.3 Å². The number of aromatic nitrogens is 1. The van der Waals surface area contributed by atoms with Crippen molar-refractivity contribution in [3.8, 4) is 6.07 Å². The van der Waals surface area contributed by atoms with Gasteiger partial charge in [0.25, 0.3) is 5.91 Å². The van der Waals surface area contributed by atoms with E-state index >= 15 is 0 Å². The Hall–Kier alpha value is -2.24. The Bertz CT molecular complexity index is 645. The summed E-state index contributed by atoms with van der Waals surface area (Å²) < 4.78 is 0. The lowest BCUT2D eigenvalue weighted by Gasteiger charge is -2.13. The van der Waals surface area contributed by atoms with Gasteiger partial charge in [-0.1, -0.05) is 11.6 Å². The maximum atomic E-state index is 12.0. The SMILES string of the molecule is CSCCC(NC(=O)/C(C#N)=C\Nc1cc(Cl)ccn1)C(=O)O. The van der Waals surface area contributed by atoms with E-state index in [0.29, 0.717) is 16.6 Å². The zero-order valence-electron chi connectivity index (χ0n) is 12.2. The molecule has 1 aromatic rings. The summed E-state index contributed by atoms with van der Waals surface area (Å²) in [6.07, 6.45) is 4.72. The lowest BCUT2D eigenvalue weighted by molar-refractivity contribution is -0.141. The molecule has 0 radical (unpaired) electrons. The fraction of sp³-hybridized carbons (Fsp3) is 0.286. The molecule has 0 aliphatic carbocycles. The number of nitrogens with zero attached hydrogens (tertiary/aromatic N) is 2. The van der Waals surface area contributed by atoms with E-state index in [1.54, 1.807) is 12.1 Å². The highest BCUT2D eigenvalue weighted by Crippen LogP contribution is 2.12. The molecule has 7 nitrogen and oxygen atoms in total. The van der Waals surface area contributed by atoms with Crippen molar-refractivity contribution in [1.82, 2.24) is 10.3 Å². The summed E-state index contributed by atoms with van der Waals surface area (Å²) in [4.78, 5) is 27.0. The van der Waals surface area contributed by atoms with Gasteiger partial charge in [0.2, 0.25) is 0 Å². The summed E-state index contributed by atoms with van der Waals surface area (Å²) in [5.41, 5.74) is -0.262. The van der Waals surface area contributed by atoms with Crippen molar-refractivity contribution in [3.63, 3.8) is 0 Å². The Kier molecular flexibility index (Phi) is 7.94. The van der Waals surface area contributed by atoms with Gasteiger partial charge in [-0.15, -0.1) is 0 Å². The Morgan fingerprint density at radius 2 is 2.35 bits per heavy atom. The Labute approximate surface area is 142 Å². The lowest BCUT2D eigenvalue weighted by atomic mass is 10.2. The number of anilines is 1. The summed E-state index contributed by atoms with van der Waals surface area (Å²) in [6.45, 7) is 0. The number of carboxylic acid groups (broad SMARTS) is 1. The number of aliphatic carboxylic acids is 1. The second-order valence-corrected chi connectivity index (χ2v) is 5.74. The first kappa shape index (κ1) is 18.8. The maximum absolute atomic E-state index is 12.0. The summed E-state index contributed by atoms with van der Waals surface area (Å²) >= 11 is 7.27. The number of pyridine rings is 1. The Balaban J connectivity index is 2.75. The minimum atomic E-state index is -1.14. The van der Waals surface area contributed by atoms with Crippen LogP contribution in [0.2, 0.25) is 5.02 Å². The molecule has 0 saturated carbocycles. The molecule has 122 valence electrons. The largest absolute Gasteiger partial charge is 0.480 e. The number of carbonyl (C=O) groups excluding carboxylic acids is 1. The monoisotopic (exact) mass is 354 g/mol. The predicted molar refractivity (Wildman–Crippen MR) is 89.1 cm³/mol. The summed E-state index contributed by atoms with van der Waals surface area (Å²) in [7, 11) is 0. The molecule has 9 heteroatoms. The quantitative estimate of drug-likeness (QED) is 0.482. The van der Waals surface area contributed by atoms with E-state index in [2.05, 4.69) is 15.6 Å². The molecule has 0 aliphatic rings. The fourth-order valence-electron chi connectivity index (χ4n) is 1.51. The molecule has 0 aromatic carbocycles. The normalized spacial score (nSPS) is 12.1. The van der Waals surface area contributed by atoms with Crippen LogP contribution in [0.4, 0.5) is 5.82 Å². The second-order valence-electron chi connectivity index (χ2n) is 4.32. The molecule has 1 heterocycles. The minimum absolute atomic E-state index is 0.262. The van der Waals surface area contributed by atoms with Gasteiger partial charge >= 0.3 is 5.97 Å². The number of amides is 1. The fourth-order valence-corrected chi connectivity index (χ4v) is 2.14. The van der Waals surface area contributed by atoms with Crippen molar-refractivity contribution < 1.29 is 14.7 Å². The van der Waals surface area contributed by atoms with Gasteiger partial charge in [0.05, 0.1) is 0 Å². The zero-order valence-corrected chi connectivity index (χ0v) is 13.8. The number of rotatable bonds is 8. The minimum Gasteiger partial charge on any atom is -0.480 e. The highest BCUT2D eigenvalue weighted by atomic mass is 35.5. The molecule has 1 rings (SSSR count). The molecule has 0 bridgehead atoms. The maximum Gasteiger partial charge on any atom is 0.326 e. The molecule has 0 saturated heterocycles. The van der Waals surface area contributed by atoms with Gasteiger partial charge in [0.1, 0.15) is 23.5 Å². The van der Waals surface area contributed by atoms with Crippen LogP contribution in [0.5, 0.6) is 0 Å². The van der Waals surface area contributed by atoms with Crippen molar-refractivity contribution in [2.24, 2.45) is 0 Å². The molecular formula is C14H15ClN4O3S. The number of hydrogen-bond acceptors (Lipinski definition) is 6. The molecular weight excluding hydrogens is 340 g/mol. The number of nitrogens with one attached hydrogen (secondary N) is 2. The van der Waals surface area contributed by atoms with Crippen LogP contribution in [0.15, 0.2) is 30.1 Å². The van der Waals surface area contributed by atoms with Gasteiger partial charge in [0, 0.05) is 17.4 Å². The van der Waals surface area contributed by atoms with Gasteiger partial charge in [-0.2, -0.15) is 17.0 Å². The standard InChI is InChI=1S/C14H15ClN4O3S/c1-23-5-3-11(14(21)22)19-13(20)9(7-16)8-18-12-6-10(15)2-4-17-12/h2,4,6,8,11H,3,5H2,1H3,(H,17,18)(H,19,20)(H,21,22)/b9-8-. The van der Waals surface area contributed by atoms with Crippen LogP contribution in [-0.2, 0) is 9.59 Å². The Morgan fingerprint density at radius 3 is 2.91 bits per heavy atom. The third kappa shape index (κ3) is 6.59. The number of carboxylic acids is 1. The molecule has 1 amide bonds. The second kappa shape index (κ2) is 9.71. The number of thioether (sulfide) groups is 1. The lowest BCUT2D eigenvalue weighted by Crippen LogP contribution is -2.41. The number of hydrogen-bond donors (Lipinski definition) is 3. The average molecular weight is 355 g/mol. The molecule has 0 fully saturated rings. The molecule has 1 unspecified atom stereocenters. The van der Waals surface area contributed by atoms with Crippen LogP contribution in [0.3, 0.4) is 0 Å². The van der Waals surface area contributed by atoms with E-state index < -0.39 is 17.9 Å². The van der Waals surface area contributed by atoms with E-state index in [0.717, 1.165) is 6.20 Å². The Morgan fingerprint density at radius 1 is 1.61 bits per heavy atom. The van der Waals surface area contributed by atoms with Crippen molar-refractivity contribution >= 4 is 41.1 Å². The summed E-state index contributed by atoms with van der Waals surface area (Å²) in [6, 6.07) is 3.77. The van der Waals surface area contributed by atoms with E-state index in [-0.39, 0.29) is 12.0 Å². The van der Waals surface area contributed by atoms with Crippen molar-refractivity contribution in [1.29, 1.82) is 5.26 Å². The number of carbonyl (C=O) groups is 2. The van der Waals surface area contributed by atoms with Gasteiger partial charge < -0.3 is 15.7 Å². The number of halogens is 1. The van der Waals surface area contributed by atoms with Crippen molar-refractivity contribution in [2.45, 2.75) is 12.5 Å². The highest BCUT2D eigenvalue weighted by Gasteiger charge is 2.21. The smallest absolute Gasteiger partial charge is 0.326 e. The zero-order chi connectivity index (χ0) is 17.2. The van der Waals surface area contributed by atoms with Gasteiger partial charge in [0.15, 0.2) is 0 Å². The van der Waals surface area contributed by atoms with E-state index in [4.69, 9.17) is 22.0 Å². The van der Waals surface area contributed by atoms with Crippen LogP contribution < -0.4 is 10.6 Å². The molecule has 23 heavy (non-hydrogen) atoms. The highest BCUT2D eigenvalue weighted by molar-refractivity contribution is 7.98. The van der Waals surface area contributed by atoms with E-state index in [1.165, 1.54) is 24.0 Å². The molecule has 1 atom stereocenters. The van der Waals surface area contributed by atoms with Gasteiger partial charge in [-0.05, 0) is 30.6 Å². The summed E-state index contributed by atoms with van der Waals surface area (Å²) in [5, 5.41) is 23.6. The van der Waals surface area contributed by atoms with Gasteiger partial charge in [-0.3, -0.25) is 4.79 Å². The molecule has 0 spiro atoms. The number of nitriles is 1. The molecule has 3 N–H and O–H groups in total. The first-order valence-corrected chi connectivity index (χ1v) is 8.26. The van der Waals surface area contributed by atoms with Crippen molar-refractivity contribution in [2.75, 3.05) is 17.3 Å². The summed E-state index contributed by atoms with van der Waals surface area (Å²) in [5.74, 6) is -0.979. The van der Waals surface area contributed by atoms with Crippen LogP contribution in [-0.4, -0.2) is 40.0 Å². The van der Waals surface area contributed by atoms with Crippen LogP contribution in [0.25, 0.3) is 0 Å². The molecule has 0 aliphatic heterocycles. The first-order chi connectivity index (χ1) is 11.0. The predicted octanol–water partition coefficient (Wildman–Crippen LogP) is 1.88. The van der Waals surface area contributed by atoms with E-state index in [9.17, 15) is 9.59 Å².